The lowest BCUT2D eigenvalue weighted by Gasteiger charge is -2.21. The number of pyridine rings is 1. The second-order valence-electron chi connectivity index (χ2n) is 5.44. The Morgan fingerprint density at radius 3 is 2.42 bits per heavy atom. The highest BCUT2D eigenvalue weighted by Gasteiger charge is 2.28. The number of hydrogen-bond donors (Lipinski definition) is 0. The van der Waals surface area contributed by atoms with Gasteiger partial charge in [-0.2, -0.15) is 13.2 Å². The van der Waals surface area contributed by atoms with Crippen molar-refractivity contribution in [1.82, 2.24) is 14.8 Å². The van der Waals surface area contributed by atoms with Gasteiger partial charge in [-0.25, -0.2) is 4.98 Å². The molecule has 1 aromatic rings. The molecule has 2 heterocycles. The van der Waals surface area contributed by atoms with Crippen LogP contribution in [0.4, 0.5) is 13.2 Å². The molecule has 2 rings (SSSR count). The molecule has 1 aromatic heterocycles. The molecular formula is C15H18F3N3O3. The normalized spacial score (nSPS) is 15.8. The van der Waals surface area contributed by atoms with Crippen LogP contribution < -0.4 is 4.74 Å². The Morgan fingerprint density at radius 1 is 1.17 bits per heavy atom. The van der Waals surface area contributed by atoms with Gasteiger partial charge in [-0.3, -0.25) is 9.59 Å². The van der Waals surface area contributed by atoms with Crippen LogP contribution in [0.5, 0.6) is 5.88 Å². The first kappa shape index (κ1) is 18.0. The monoisotopic (exact) mass is 345 g/mol. The van der Waals surface area contributed by atoms with E-state index in [1.807, 2.05) is 0 Å². The molecule has 0 unspecified atom stereocenters. The quantitative estimate of drug-likeness (QED) is 0.837. The lowest BCUT2D eigenvalue weighted by Crippen LogP contribution is -2.36. The van der Waals surface area contributed by atoms with Crippen LogP contribution in [0.2, 0.25) is 0 Å². The Morgan fingerprint density at radius 2 is 1.83 bits per heavy atom. The summed E-state index contributed by atoms with van der Waals surface area (Å²) in [5.41, 5.74) is 0.269. The van der Waals surface area contributed by atoms with Crippen molar-refractivity contribution in [3.05, 3.63) is 23.9 Å². The summed E-state index contributed by atoms with van der Waals surface area (Å²) in [5.74, 6) is -0.491. The molecule has 132 valence electrons. The Labute approximate surface area is 137 Å². The lowest BCUT2D eigenvalue weighted by molar-refractivity contribution is -0.154. The number of amides is 2. The van der Waals surface area contributed by atoms with Crippen molar-refractivity contribution < 1.29 is 27.5 Å². The van der Waals surface area contributed by atoms with Crippen LogP contribution in [0.1, 0.15) is 23.7 Å². The predicted octanol–water partition coefficient (Wildman–Crippen LogP) is 1.72. The first-order chi connectivity index (χ1) is 11.3. The first-order valence-corrected chi connectivity index (χ1v) is 7.46. The predicted molar refractivity (Wildman–Crippen MR) is 78.6 cm³/mol. The molecule has 0 aromatic carbocycles. The summed E-state index contributed by atoms with van der Waals surface area (Å²) in [5, 5.41) is 0. The second kappa shape index (κ2) is 7.50. The van der Waals surface area contributed by atoms with Gasteiger partial charge in [0.1, 0.15) is 0 Å². The van der Waals surface area contributed by atoms with Gasteiger partial charge in [-0.05, 0) is 12.5 Å². The minimum absolute atomic E-state index is 0.0304. The zero-order valence-corrected chi connectivity index (χ0v) is 13.2. The molecule has 0 saturated carbocycles. The van der Waals surface area contributed by atoms with Gasteiger partial charge in [0.15, 0.2) is 6.61 Å². The van der Waals surface area contributed by atoms with E-state index in [1.54, 1.807) is 9.80 Å². The summed E-state index contributed by atoms with van der Waals surface area (Å²) in [4.78, 5) is 30.8. The van der Waals surface area contributed by atoms with Gasteiger partial charge in [-0.15, -0.1) is 0 Å². The van der Waals surface area contributed by atoms with Crippen molar-refractivity contribution >= 4 is 11.8 Å². The van der Waals surface area contributed by atoms with Gasteiger partial charge in [0.2, 0.25) is 11.8 Å². The number of aromatic nitrogens is 1. The van der Waals surface area contributed by atoms with E-state index in [0.717, 1.165) is 0 Å². The molecule has 0 spiro atoms. The molecule has 0 radical (unpaired) electrons. The van der Waals surface area contributed by atoms with Gasteiger partial charge < -0.3 is 14.5 Å². The number of carbonyl (C=O) groups is 2. The average Bonchev–Trinajstić information content (AvgIpc) is 2.78. The van der Waals surface area contributed by atoms with E-state index >= 15 is 0 Å². The van der Waals surface area contributed by atoms with E-state index in [1.165, 1.54) is 25.3 Å². The summed E-state index contributed by atoms with van der Waals surface area (Å²) in [6, 6.07) is 2.62. The first-order valence-electron chi connectivity index (χ1n) is 7.46. The van der Waals surface area contributed by atoms with E-state index in [9.17, 15) is 22.8 Å². The average molecular weight is 345 g/mol. The molecule has 6 nitrogen and oxygen atoms in total. The summed E-state index contributed by atoms with van der Waals surface area (Å²) in [7, 11) is 0. The van der Waals surface area contributed by atoms with Gasteiger partial charge >= 0.3 is 6.18 Å². The van der Waals surface area contributed by atoms with E-state index in [2.05, 4.69) is 9.72 Å². The highest BCUT2D eigenvalue weighted by molar-refractivity contribution is 5.94. The second-order valence-corrected chi connectivity index (χ2v) is 5.44. The maximum absolute atomic E-state index is 12.4. The molecule has 1 saturated heterocycles. The lowest BCUT2D eigenvalue weighted by atomic mass is 10.2. The van der Waals surface area contributed by atoms with Crippen molar-refractivity contribution in [3.63, 3.8) is 0 Å². The Balaban J connectivity index is 1.96. The summed E-state index contributed by atoms with van der Waals surface area (Å²) < 4.78 is 40.7. The molecule has 9 heteroatoms. The number of carbonyl (C=O) groups excluding carboxylic acids is 2. The molecule has 0 aliphatic carbocycles. The third-order valence-corrected chi connectivity index (χ3v) is 3.60. The van der Waals surface area contributed by atoms with E-state index < -0.39 is 12.8 Å². The van der Waals surface area contributed by atoms with E-state index in [-0.39, 0.29) is 23.3 Å². The number of hydrogen-bond acceptors (Lipinski definition) is 4. The van der Waals surface area contributed by atoms with Crippen LogP contribution in [0.15, 0.2) is 18.3 Å². The fraction of sp³-hybridized carbons (Fsp3) is 0.533. The van der Waals surface area contributed by atoms with Crippen molar-refractivity contribution in [2.45, 2.75) is 19.5 Å². The highest BCUT2D eigenvalue weighted by Crippen LogP contribution is 2.17. The van der Waals surface area contributed by atoms with Crippen LogP contribution in [-0.2, 0) is 4.79 Å². The number of halogens is 3. The van der Waals surface area contributed by atoms with Gasteiger partial charge in [-0.1, -0.05) is 0 Å². The minimum Gasteiger partial charge on any atom is -0.468 e. The smallest absolute Gasteiger partial charge is 0.422 e. The zero-order valence-electron chi connectivity index (χ0n) is 13.2. The SMILES string of the molecule is CC(=O)N1CCCN(C(=O)c2ccc(OCC(F)(F)F)nc2)CC1. The third-order valence-electron chi connectivity index (χ3n) is 3.60. The number of rotatable bonds is 3. The standard InChI is InChI=1S/C15H18F3N3O3/c1-11(22)20-5-2-6-21(8-7-20)14(23)12-3-4-13(19-9-12)24-10-15(16,17)18/h3-4,9H,2,5-8,10H2,1H3. The van der Waals surface area contributed by atoms with Crippen molar-refractivity contribution in [2.24, 2.45) is 0 Å². The number of nitrogens with zero attached hydrogens (tertiary/aromatic N) is 3. The van der Waals surface area contributed by atoms with Crippen molar-refractivity contribution in [2.75, 3.05) is 32.8 Å². The largest absolute Gasteiger partial charge is 0.468 e. The fourth-order valence-electron chi connectivity index (χ4n) is 2.37. The Bertz CT molecular complexity index is 590. The zero-order chi connectivity index (χ0) is 17.7. The summed E-state index contributed by atoms with van der Waals surface area (Å²) in [6.45, 7) is 2.03. The molecular weight excluding hydrogens is 327 g/mol. The molecule has 1 fully saturated rings. The van der Waals surface area contributed by atoms with Crippen LogP contribution in [0.3, 0.4) is 0 Å². The minimum atomic E-state index is -4.44. The summed E-state index contributed by atoms with van der Waals surface area (Å²) in [6.07, 6.45) is -2.57. The van der Waals surface area contributed by atoms with E-state index in [0.29, 0.717) is 32.6 Å². The maximum Gasteiger partial charge on any atom is 0.422 e. The number of alkyl halides is 3. The molecule has 0 N–H and O–H groups in total. The maximum atomic E-state index is 12.4. The molecule has 1 aliphatic rings. The van der Waals surface area contributed by atoms with Gasteiger partial charge in [0, 0.05) is 45.4 Å². The number of ether oxygens (including phenoxy) is 1. The van der Waals surface area contributed by atoms with Gasteiger partial charge in [0.05, 0.1) is 5.56 Å². The van der Waals surface area contributed by atoms with Crippen molar-refractivity contribution in [1.29, 1.82) is 0 Å². The Kier molecular flexibility index (Phi) is 5.63. The third kappa shape index (κ3) is 5.10. The van der Waals surface area contributed by atoms with Crippen LogP contribution in [-0.4, -0.2) is 65.6 Å². The summed E-state index contributed by atoms with van der Waals surface area (Å²) >= 11 is 0. The van der Waals surface area contributed by atoms with Gasteiger partial charge in [0.25, 0.3) is 5.91 Å². The molecule has 0 bridgehead atoms. The van der Waals surface area contributed by atoms with Crippen LogP contribution >= 0.6 is 0 Å². The highest BCUT2D eigenvalue weighted by atomic mass is 19.4. The van der Waals surface area contributed by atoms with Crippen LogP contribution in [0.25, 0.3) is 0 Å². The molecule has 2 amide bonds. The molecule has 24 heavy (non-hydrogen) atoms. The van der Waals surface area contributed by atoms with E-state index in [4.69, 9.17) is 0 Å². The topological polar surface area (TPSA) is 62.7 Å². The molecule has 1 aliphatic heterocycles. The molecule has 0 atom stereocenters. The Hall–Kier alpha value is -2.32. The van der Waals surface area contributed by atoms with Crippen molar-refractivity contribution in [3.8, 4) is 5.88 Å². The fourth-order valence-corrected chi connectivity index (χ4v) is 2.37. The van der Waals surface area contributed by atoms with Crippen LogP contribution in [0, 0.1) is 0 Å².